The van der Waals surface area contributed by atoms with Gasteiger partial charge in [0.15, 0.2) is 11.5 Å². The van der Waals surface area contributed by atoms with Gasteiger partial charge in [-0.2, -0.15) is 0 Å². The zero-order valence-corrected chi connectivity index (χ0v) is 16.9. The van der Waals surface area contributed by atoms with E-state index in [2.05, 4.69) is 22.8 Å². The monoisotopic (exact) mass is 388 g/mol. The highest BCUT2D eigenvalue weighted by molar-refractivity contribution is 5.83. The number of hydrogen-bond donors (Lipinski definition) is 2. The van der Waals surface area contributed by atoms with Crippen LogP contribution in [0.25, 0.3) is 0 Å². The van der Waals surface area contributed by atoms with Gasteiger partial charge in [-0.1, -0.05) is 18.9 Å². The summed E-state index contributed by atoms with van der Waals surface area (Å²) in [6.07, 6.45) is 6.21. The van der Waals surface area contributed by atoms with Crippen LogP contribution in [0.3, 0.4) is 0 Å². The molecule has 0 aromatic heterocycles. The Morgan fingerprint density at radius 2 is 1.82 bits per heavy atom. The Morgan fingerprint density at radius 3 is 2.54 bits per heavy atom. The Bertz CT molecular complexity index is 688. The number of hydrogen-bond acceptors (Lipinski definition) is 5. The Kier molecular flexibility index (Phi) is 5.78. The number of methoxy groups -OCH3 is 1. The number of rotatable bonds is 6. The van der Waals surface area contributed by atoms with Crippen LogP contribution in [0.1, 0.15) is 44.1 Å². The Balaban J connectivity index is 1.51. The molecule has 1 saturated carbocycles. The van der Waals surface area contributed by atoms with Gasteiger partial charge in [0.25, 0.3) is 0 Å². The van der Waals surface area contributed by atoms with E-state index < -0.39 is 5.41 Å². The molecule has 0 bridgehead atoms. The molecule has 0 atom stereocenters. The van der Waals surface area contributed by atoms with E-state index in [0.29, 0.717) is 26.4 Å². The molecule has 1 aromatic carbocycles. The van der Waals surface area contributed by atoms with E-state index in [1.54, 1.807) is 7.11 Å². The predicted molar refractivity (Wildman–Crippen MR) is 107 cm³/mol. The van der Waals surface area contributed by atoms with Crippen molar-refractivity contribution in [3.05, 3.63) is 23.8 Å². The van der Waals surface area contributed by atoms with Crippen LogP contribution in [0.4, 0.5) is 0 Å². The summed E-state index contributed by atoms with van der Waals surface area (Å²) in [6.45, 7) is 4.08. The minimum atomic E-state index is -0.410. The van der Waals surface area contributed by atoms with Crippen molar-refractivity contribution in [1.82, 2.24) is 10.6 Å². The largest absolute Gasteiger partial charge is 0.486 e. The first kappa shape index (κ1) is 19.5. The van der Waals surface area contributed by atoms with Gasteiger partial charge in [-0.05, 0) is 56.5 Å². The lowest BCUT2D eigenvalue weighted by Gasteiger charge is -2.37. The maximum absolute atomic E-state index is 13.2. The molecule has 6 heteroatoms. The number of benzene rings is 1. The van der Waals surface area contributed by atoms with Crippen LogP contribution in [-0.4, -0.2) is 52.5 Å². The molecule has 0 radical (unpaired) electrons. The zero-order valence-electron chi connectivity index (χ0n) is 16.9. The summed E-state index contributed by atoms with van der Waals surface area (Å²) in [7, 11) is 1.69. The number of carbonyl (C=O) groups excluding carboxylic acids is 1. The van der Waals surface area contributed by atoms with Crippen molar-refractivity contribution in [2.75, 3.05) is 46.6 Å². The summed E-state index contributed by atoms with van der Waals surface area (Å²) in [4.78, 5) is 13.2. The predicted octanol–water partition coefficient (Wildman–Crippen LogP) is 2.40. The molecule has 28 heavy (non-hydrogen) atoms. The molecule has 0 unspecified atom stereocenters. The van der Waals surface area contributed by atoms with Crippen LogP contribution >= 0.6 is 0 Å². The molecule has 6 nitrogen and oxygen atoms in total. The summed E-state index contributed by atoms with van der Waals surface area (Å²) in [5.41, 5.74) is 0.819. The van der Waals surface area contributed by atoms with Gasteiger partial charge in [0, 0.05) is 19.1 Å². The van der Waals surface area contributed by atoms with Crippen LogP contribution in [0, 0.1) is 5.41 Å². The van der Waals surface area contributed by atoms with E-state index in [1.165, 1.54) is 18.4 Å². The maximum Gasteiger partial charge on any atom is 0.228 e. The van der Waals surface area contributed by atoms with E-state index in [0.717, 1.165) is 50.3 Å². The number of nitrogens with one attached hydrogen (secondary N) is 2. The van der Waals surface area contributed by atoms with Gasteiger partial charge in [-0.25, -0.2) is 0 Å². The van der Waals surface area contributed by atoms with Crippen molar-refractivity contribution in [3.63, 3.8) is 0 Å². The fourth-order valence-corrected chi connectivity index (χ4v) is 5.05. The van der Waals surface area contributed by atoms with Crippen LogP contribution in [-0.2, 0) is 14.9 Å². The summed E-state index contributed by atoms with van der Waals surface area (Å²) in [5.74, 6) is 1.79. The van der Waals surface area contributed by atoms with Crippen molar-refractivity contribution in [2.24, 2.45) is 5.41 Å². The van der Waals surface area contributed by atoms with E-state index in [9.17, 15) is 4.79 Å². The van der Waals surface area contributed by atoms with Gasteiger partial charge >= 0.3 is 0 Å². The lowest BCUT2D eigenvalue weighted by Crippen LogP contribution is -2.52. The van der Waals surface area contributed by atoms with Crippen molar-refractivity contribution in [2.45, 2.75) is 43.9 Å². The van der Waals surface area contributed by atoms with Crippen LogP contribution in [0.2, 0.25) is 0 Å². The average Bonchev–Trinajstić information content (AvgIpc) is 3.23. The molecule has 1 aromatic rings. The molecular formula is C22H32N2O4. The minimum Gasteiger partial charge on any atom is -0.486 e. The Morgan fingerprint density at radius 1 is 1.11 bits per heavy atom. The second-order valence-corrected chi connectivity index (χ2v) is 8.49. The topological polar surface area (TPSA) is 68.8 Å². The van der Waals surface area contributed by atoms with Gasteiger partial charge in [0.1, 0.15) is 13.2 Å². The third-order valence-corrected chi connectivity index (χ3v) is 6.77. The second kappa shape index (κ2) is 8.29. The highest BCUT2D eigenvalue weighted by Crippen LogP contribution is 2.44. The third-order valence-electron chi connectivity index (χ3n) is 6.77. The van der Waals surface area contributed by atoms with Crippen LogP contribution in [0.15, 0.2) is 18.2 Å². The fraction of sp³-hybridized carbons (Fsp3) is 0.682. The van der Waals surface area contributed by atoms with Crippen molar-refractivity contribution < 1.29 is 19.0 Å². The van der Waals surface area contributed by atoms with Gasteiger partial charge in [0.05, 0.1) is 12.0 Å². The second-order valence-electron chi connectivity index (χ2n) is 8.49. The molecule has 2 N–H and O–H groups in total. The molecule has 2 aliphatic heterocycles. The molecule has 1 saturated heterocycles. The maximum atomic E-state index is 13.2. The molecule has 0 spiro atoms. The molecule has 1 aliphatic carbocycles. The average molecular weight is 389 g/mol. The first-order valence-electron chi connectivity index (χ1n) is 10.6. The van der Waals surface area contributed by atoms with Crippen molar-refractivity contribution >= 4 is 5.91 Å². The molecule has 2 heterocycles. The van der Waals surface area contributed by atoms with Crippen LogP contribution in [0.5, 0.6) is 11.5 Å². The molecule has 154 valence electrons. The number of carbonyl (C=O) groups is 1. The van der Waals surface area contributed by atoms with Gasteiger partial charge in [-0.15, -0.1) is 0 Å². The quantitative estimate of drug-likeness (QED) is 0.783. The van der Waals surface area contributed by atoms with Gasteiger partial charge < -0.3 is 24.8 Å². The van der Waals surface area contributed by atoms with Gasteiger partial charge in [0.2, 0.25) is 5.91 Å². The highest BCUT2D eigenvalue weighted by atomic mass is 16.6. The summed E-state index contributed by atoms with van der Waals surface area (Å²) < 4.78 is 16.9. The fourth-order valence-electron chi connectivity index (χ4n) is 5.05. The number of piperidine rings is 1. The zero-order chi connectivity index (χ0) is 19.5. The Labute approximate surface area is 167 Å². The number of ether oxygens (including phenoxy) is 3. The van der Waals surface area contributed by atoms with E-state index in [4.69, 9.17) is 14.2 Å². The molecular weight excluding hydrogens is 356 g/mol. The smallest absolute Gasteiger partial charge is 0.228 e. The van der Waals surface area contributed by atoms with Crippen LogP contribution < -0.4 is 20.1 Å². The minimum absolute atomic E-state index is 0.0212. The standard InChI is InChI=1S/C22H32N2O4/c1-26-16-22(8-10-23-11-9-22)20(25)24-15-21(6-2-3-7-21)17-4-5-18-19(14-17)28-13-12-27-18/h4-5,14,23H,2-3,6-13,15-16H2,1H3,(H,24,25). The highest BCUT2D eigenvalue weighted by Gasteiger charge is 2.42. The van der Waals surface area contributed by atoms with Gasteiger partial charge in [-0.3, -0.25) is 4.79 Å². The Hall–Kier alpha value is -1.79. The van der Waals surface area contributed by atoms with Crippen molar-refractivity contribution in [1.29, 1.82) is 0 Å². The first-order valence-corrected chi connectivity index (χ1v) is 10.6. The first-order chi connectivity index (χ1) is 13.7. The molecule has 1 amide bonds. The molecule has 3 aliphatic rings. The lowest BCUT2D eigenvalue weighted by atomic mass is 9.76. The summed E-state index contributed by atoms with van der Waals surface area (Å²) >= 11 is 0. The summed E-state index contributed by atoms with van der Waals surface area (Å²) in [5, 5.41) is 6.67. The van der Waals surface area contributed by atoms with E-state index in [-0.39, 0.29) is 11.3 Å². The normalized spacial score (nSPS) is 22.6. The van der Waals surface area contributed by atoms with E-state index in [1.807, 2.05) is 6.07 Å². The number of amides is 1. The molecule has 2 fully saturated rings. The summed E-state index contributed by atoms with van der Waals surface area (Å²) in [6, 6.07) is 6.30. The third kappa shape index (κ3) is 3.72. The SMILES string of the molecule is COCC1(C(=O)NCC2(c3ccc4c(c3)OCCO4)CCCC2)CCNCC1. The number of fused-ring (bicyclic) bond motifs is 1. The van der Waals surface area contributed by atoms with E-state index >= 15 is 0 Å². The lowest BCUT2D eigenvalue weighted by molar-refractivity contribution is -0.136. The van der Waals surface area contributed by atoms with Crippen molar-refractivity contribution in [3.8, 4) is 11.5 Å². The molecule has 4 rings (SSSR count).